The second-order valence-corrected chi connectivity index (χ2v) is 7.11. The maximum absolute atomic E-state index is 5.70. The zero-order chi connectivity index (χ0) is 21.4. The molecule has 0 bridgehead atoms. The van der Waals surface area contributed by atoms with Gasteiger partial charge in [-0.15, -0.1) is 24.0 Å². The van der Waals surface area contributed by atoms with Gasteiger partial charge in [0.2, 0.25) is 0 Å². The lowest BCUT2D eigenvalue weighted by Crippen LogP contribution is -2.32. The van der Waals surface area contributed by atoms with Crippen LogP contribution in [-0.4, -0.2) is 52.1 Å². The molecule has 2 aromatic rings. The van der Waals surface area contributed by atoms with Gasteiger partial charge in [-0.3, -0.25) is 4.99 Å². The third-order valence-electron chi connectivity index (χ3n) is 4.13. The molecule has 0 aliphatic rings. The Bertz CT molecular complexity index is 706. The third-order valence-corrected chi connectivity index (χ3v) is 4.13. The van der Waals surface area contributed by atoms with Crippen LogP contribution >= 0.6 is 24.0 Å². The van der Waals surface area contributed by atoms with E-state index >= 15 is 0 Å². The van der Waals surface area contributed by atoms with Gasteiger partial charge in [0.15, 0.2) is 5.96 Å². The van der Waals surface area contributed by atoms with Crippen molar-refractivity contribution in [2.24, 2.45) is 4.99 Å². The van der Waals surface area contributed by atoms with Gasteiger partial charge < -0.3 is 29.3 Å². The van der Waals surface area contributed by atoms with Crippen LogP contribution in [-0.2, 0) is 15.9 Å². The fourth-order valence-corrected chi connectivity index (χ4v) is 2.68. The minimum atomic E-state index is 0. The van der Waals surface area contributed by atoms with Crippen molar-refractivity contribution in [3.05, 3.63) is 48.4 Å². The number of nitrogens with one attached hydrogen (secondary N) is 2. The first-order valence-electron chi connectivity index (χ1n) is 10.6. The molecule has 1 aromatic carbocycles. The highest BCUT2D eigenvalue weighted by Gasteiger charge is 2.03. The standard InChI is InChI=1S/C23H35N3O4.HI/c1-19(2)30-22-10-8-20(9-11-22)26-23(25-14-12-21-7-6-16-29-21)24-13-4-5-15-28-18-17-27-3;/h6-11,16,19H,4-5,12-15,17-18H2,1-3H3,(H2,24,25,26);1H. The predicted octanol–water partition coefficient (Wildman–Crippen LogP) is 4.73. The SMILES string of the molecule is COCCOCCCCN=C(NCCc1ccco1)Nc1ccc(OC(C)C)cc1.I. The van der Waals surface area contributed by atoms with Crippen LogP contribution < -0.4 is 15.4 Å². The van der Waals surface area contributed by atoms with Crippen LogP contribution in [0.1, 0.15) is 32.4 Å². The van der Waals surface area contributed by atoms with Gasteiger partial charge in [0.25, 0.3) is 0 Å². The molecule has 31 heavy (non-hydrogen) atoms. The molecule has 0 fully saturated rings. The van der Waals surface area contributed by atoms with Crippen molar-refractivity contribution in [2.75, 3.05) is 45.3 Å². The molecular weight excluding hydrogens is 509 g/mol. The second-order valence-electron chi connectivity index (χ2n) is 7.11. The summed E-state index contributed by atoms with van der Waals surface area (Å²) in [6.07, 6.45) is 4.57. The highest BCUT2D eigenvalue weighted by Crippen LogP contribution is 2.16. The fourth-order valence-electron chi connectivity index (χ4n) is 2.68. The quantitative estimate of drug-likeness (QED) is 0.155. The predicted molar refractivity (Wildman–Crippen MR) is 136 cm³/mol. The molecule has 2 N–H and O–H groups in total. The van der Waals surface area contributed by atoms with Gasteiger partial charge in [0.1, 0.15) is 11.5 Å². The molecule has 2 rings (SSSR count). The van der Waals surface area contributed by atoms with Gasteiger partial charge in [-0.1, -0.05) is 0 Å². The van der Waals surface area contributed by atoms with Crippen molar-refractivity contribution in [1.29, 1.82) is 0 Å². The lowest BCUT2D eigenvalue weighted by molar-refractivity contribution is 0.0690. The van der Waals surface area contributed by atoms with E-state index in [9.17, 15) is 0 Å². The van der Waals surface area contributed by atoms with Gasteiger partial charge in [-0.05, 0) is 63.1 Å². The number of furan rings is 1. The number of rotatable bonds is 14. The van der Waals surface area contributed by atoms with Crippen LogP contribution in [0.25, 0.3) is 0 Å². The van der Waals surface area contributed by atoms with Crippen LogP contribution in [0.3, 0.4) is 0 Å². The van der Waals surface area contributed by atoms with Gasteiger partial charge >= 0.3 is 0 Å². The highest BCUT2D eigenvalue weighted by molar-refractivity contribution is 14.0. The molecule has 7 nitrogen and oxygen atoms in total. The molecule has 0 spiro atoms. The Hall–Kier alpha value is -1.78. The van der Waals surface area contributed by atoms with Gasteiger partial charge in [-0.2, -0.15) is 0 Å². The number of benzene rings is 1. The van der Waals surface area contributed by atoms with Gasteiger partial charge in [0, 0.05) is 38.9 Å². The zero-order valence-electron chi connectivity index (χ0n) is 18.8. The molecule has 1 heterocycles. The number of anilines is 1. The van der Waals surface area contributed by atoms with Crippen LogP contribution in [0.2, 0.25) is 0 Å². The fraction of sp³-hybridized carbons (Fsp3) is 0.522. The van der Waals surface area contributed by atoms with Gasteiger partial charge in [0.05, 0.1) is 25.6 Å². The van der Waals surface area contributed by atoms with Crippen molar-refractivity contribution in [3.63, 3.8) is 0 Å². The van der Waals surface area contributed by atoms with E-state index in [1.807, 2.05) is 50.2 Å². The monoisotopic (exact) mass is 545 g/mol. The van der Waals surface area contributed by atoms with Gasteiger partial charge in [-0.25, -0.2) is 0 Å². The Kier molecular flexibility index (Phi) is 14.8. The Morgan fingerprint density at radius 1 is 1.06 bits per heavy atom. The number of hydrogen-bond donors (Lipinski definition) is 2. The summed E-state index contributed by atoms with van der Waals surface area (Å²) in [7, 11) is 1.68. The summed E-state index contributed by atoms with van der Waals surface area (Å²) in [6.45, 7) is 7.48. The van der Waals surface area contributed by atoms with Crippen molar-refractivity contribution >= 4 is 35.6 Å². The molecule has 0 aliphatic carbocycles. The van der Waals surface area contributed by atoms with Crippen LogP contribution in [0, 0.1) is 0 Å². The van der Waals surface area contributed by atoms with Crippen molar-refractivity contribution in [2.45, 2.75) is 39.2 Å². The number of methoxy groups -OCH3 is 1. The minimum absolute atomic E-state index is 0. The first kappa shape index (κ1) is 27.3. The molecule has 0 radical (unpaired) electrons. The first-order valence-corrected chi connectivity index (χ1v) is 10.6. The summed E-state index contributed by atoms with van der Waals surface area (Å²) < 4.78 is 21.6. The molecule has 0 aliphatic heterocycles. The molecule has 0 amide bonds. The molecule has 8 heteroatoms. The zero-order valence-corrected chi connectivity index (χ0v) is 21.1. The largest absolute Gasteiger partial charge is 0.491 e. The summed E-state index contributed by atoms with van der Waals surface area (Å²) >= 11 is 0. The lowest BCUT2D eigenvalue weighted by atomic mass is 10.3. The van der Waals surface area contributed by atoms with E-state index in [1.165, 1.54) is 0 Å². The van der Waals surface area contributed by atoms with Crippen LogP contribution in [0.4, 0.5) is 5.69 Å². The number of hydrogen-bond acceptors (Lipinski definition) is 5. The first-order chi connectivity index (χ1) is 14.7. The van der Waals surface area contributed by atoms with E-state index in [-0.39, 0.29) is 30.1 Å². The van der Waals surface area contributed by atoms with E-state index in [4.69, 9.17) is 23.6 Å². The molecule has 1 aromatic heterocycles. The molecular formula is C23H36IN3O4. The molecule has 174 valence electrons. The molecule has 0 unspecified atom stereocenters. The second kappa shape index (κ2) is 16.9. The average molecular weight is 545 g/mol. The number of halogens is 1. The Morgan fingerprint density at radius 2 is 1.87 bits per heavy atom. The summed E-state index contributed by atoms with van der Waals surface area (Å²) in [5.74, 6) is 2.55. The molecule has 0 saturated heterocycles. The van der Waals surface area contributed by atoms with Crippen molar-refractivity contribution in [3.8, 4) is 5.75 Å². The van der Waals surface area contributed by atoms with E-state index in [0.29, 0.717) is 13.2 Å². The van der Waals surface area contributed by atoms with Crippen LogP contribution in [0.15, 0.2) is 52.1 Å². The summed E-state index contributed by atoms with van der Waals surface area (Å²) in [4.78, 5) is 4.69. The van der Waals surface area contributed by atoms with Crippen LogP contribution in [0.5, 0.6) is 5.75 Å². The average Bonchev–Trinajstić information content (AvgIpc) is 3.24. The maximum atomic E-state index is 5.70. The Balaban J connectivity index is 0.00000480. The molecule has 0 saturated carbocycles. The minimum Gasteiger partial charge on any atom is -0.491 e. The summed E-state index contributed by atoms with van der Waals surface area (Å²) in [5.41, 5.74) is 0.957. The van der Waals surface area contributed by atoms with E-state index in [1.54, 1.807) is 13.4 Å². The highest BCUT2D eigenvalue weighted by atomic mass is 127. The summed E-state index contributed by atoms with van der Waals surface area (Å²) in [6, 6.07) is 11.8. The third kappa shape index (κ3) is 12.6. The van der Waals surface area contributed by atoms with Crippen molar-refractivity contribution in [1.82, 2.24) is 5.32 Å². The normalized spacial score (nSPS) is 11.3. The summed E-state index contributed by atoms with van der Waals surface area (Å²) in [5, 5.41) is 6.74. The van der Waals surface area contributed by atoms with E-state index in [0.717, 1.165) is 62.1 Å². The number of ether oxygens (including phenoxy) is 3. The number of guanidine groups is 1. The molecule has 0 atom stereocenters. The lowest BCUT2D eigenvalue weighted by Gasteiger charge is -2.14. The Labute approximate surface area is 203 Å². The Morgan fingerprint density at radius 3 is 2.55 bits per heavy atom. The van der Waals surface area contributed by atoms with E-state index < -0.39 is 0 Å². The number of nitrogens with zero attached hydrogens (tertiary/aromatic N) is 1. The van der Waals surface area contributed by atoms with E-state index in [2.05, 4.69) is 10.6 Å². The number of unbranched alkanes of at least 4 members (excludes halogenated alkanes) is 1. The maximum Gasteiger partial charge on any atom is 0.195 e. The number of aliphatic imine (C=N–C) groups is 1. The van der Waals surface area contributed by atoms with Crippen molar-refractivity contribution < 1.29 is 18.6 Å². The topological polar surface area (TPSA) is 77.2 Å². The smallest absolute Gasteiger partial charge is 0.195 e.